The Balaban J connectivity index is 2.62. The van der Waals surface area contributed by atoms with E-state index < -0.39 is 22.5 Å². The molecule has 0 spiro atoms. The van der Waals surface area contributed by atoms with Gasteiger partial charge in [-0.05, 0) is 19.8 Å². The summed E-state index contributed by atoms with van der Waals surface area (Å²) in [5.41, 5.74) is 5.57. The van der Waals surface area contributed by atoms with Crippen LogP contribution in [0, 0.1) is 0 Å². The molecule has 1 aliphatic heterocycles. The van der Waals surface area contributed by atoms with Crippen LogP contribution in [0.2, 0.25) is 0 Å². The van der Waals surface area contributed by atoms with E-state index in [2.05, 4.69) is 4.74 Å². The van der Waals surface area contributed by atoms with Crippen LogP contribution >= 0.6 is 0 Å². The number of nitrogens with one attached hydrogen (secondary N) is 1. The first kappa shape index (κ1) is 12.2. The summed E-state index contributed by atoms with van der Waals surface area (Å²) in [7, 11) is -3.85. The van der Waals surface area contributed by atoms with Gasteiger partial charge in [-0.3, -0.25) is 0 Å². The predicted octanol–water partition coefficient (Wildman–Crippen LogP) is -0.642. The largest absolute Gasteiger partial charge is 0.449 e. The first-order chi connectivity index (χ1) is 6.97. The number of hydrogen-bond acceptors (Lipinski definition) is 5. The third kappa shape index (κ3) is 3.05. The summed E-state index contributed by atoms with van der Waals surface area (Å²) in [6, 6.07) is 0. The first-order valence-corrected chi connectivity index (χ1v) is 6.13. The zero-order valence-corrected chi connectivity index (χ0v) is 9.29. The van der Waals surface area contributed by atoms with Gasteiger partial charge in [0.2, 0.25) is 0 Å². The van der Waals surface area contributed by atoms with Crippen LogP contribution in [0.3, 0.4) is 0 Å². The molecule has 0 aromatic rings. The Morgan fingerprint density at radius 3 is 2.80 bits per heavy atom. The molecule has 0 aromatic heterocycles. The van der Waals surface area contributed by atoms with Crippen molar-refractivity contribution in [1.82, 2.24) is 9.03 Å². The van der Waals surface area contributed by atoms with Crippen molar-refractivity contribution >= 4 is 16.3 Å². The molecule has 1 unspecified atom stereocenters. The van der Waals surface area contributed by atoms with Crippen molar-refractivity contribution in [1.29, 1.82) is 0 Å². The van der Waals surface area contributed by atoms with E-state index in [1.54, 1.807) is 11.6 Å². The molecule has 1 fully saturated rings. The summed E-state index contributed by atoms with van der Waals surface area (Å²) in [6.45, 7) is 2.04. The maximum Gasteiger partial charge on any atom is 0.421 e. The quantitative estimate of drug-likeness (QED) is 0.679. The van der Waals surface area contributed by atoms with Crippen LogP contribution in [0.25, 0.3) is 0 Å². The van der Waals surface area contributed by atoms with Crippen molar-refractivity contribution in [2.75, 3.05) is 13.2 Å². The van der Waals surface area contributed by atoms with Crippen molar-refractivity contribution in [3.05, 3.63) is 0 Å². The third-order valence-electron chi connectivity index (χ3n) is 2.04. The second kappa shape index (κ2) is 4.77. The summed E-state index contributed by atoms with van der Waals surface area (Å²) >= 11 is 0. The smallest absolute Gasteiger partial charge is 0.421 e. The van der Waals surface area contributed by atoms with Crippen LogP contribution in [-0.4, -0.2) is 38.1 Å². The van der Waals surface area contributed by atoms with Gasteiger partial charge in [-0.25, -0.2) is 9.52 Å². The van der Waals surface area contributed by atoms with E-state index in [4.69, 9.17) is 5.73 Å². The molecule has 15 heavy (non-hydrogen) atoms. The lowest BCUT2D eigenvalue weighted by atomic mass is 10.3. The summed E-state index contributed by atoms with van der Waals surface area (Å²) in [4.78, 5) is 10.9. The SMILES string of the molecule is CCOC(=O)NS(=O)(=O)N1CCCC1N. The van der Waals surface area contributed by atoms with Crippen LogP contribution in [0.5, 0.6) is 0 Å². The van der Waals surface area contributed by atoms with Crippen LogP contribution in [0.4, 0.5) is 4.79 Å². The van der Waals surface area contributed by atoms with Crippen LogP contribution < -0.4 is 10.5 Å². The fourth-order valence-electron chi connectivity index (χ4n) is 1.39. The summed E-state index contributed by atoms with van der Waals surface area (Å²) < 4.78 is 30.4. The Morgan fingerprint density at radius 2 is 2.33 bits per heavy atom. The Kier molecular flexibility index (Phi) is 3.89. The molecule has 0 bridgehead atoms. The van der Waals surface area contributed by atoms with Crippen molar-refractivity contribution in [2.24, 2.45) is 5.73 Å². The average molecular weight is 237 g/mol. The summed E-state index contributed by atoms with van der Waals surface area (Å²) in [5.74, 6) is 0. The topological polar surface area (TPSA) is 102 Å². The number of carbonyl (C=O) groups excluding carboxylic acids is 1. The lowest BCUT2D eigenvalue weighted by Crippen LogP contribution is -2.48. The Morgan fingerprint density at radius 1 is 1.67 bits per heavy atom. The van der Waals surface area contributed by atoms with Crippen LogP contribution in [-0.2, 0) is 14.9 Å². The molecule has 0 aromatic carbocycles. The number of hydrogen-bond donors (Lipinski definition) is 2. The normalized spacial score (nSPS) is 22.7. The molecule has 0 radical (unpaired) electrons. The maximum absolute atomic E-state index is 11.6. The molecule has 1 atom stereocenters. The van der Waals surface area contributed by atoms with Crippen molar-refractivity contribution < 1.29 is 17.9 Å². The van der Waals surface area contributed by atoms with E-state index in [1.165, 1.54) is 0 Å². The molecule has 7 nitrogen and oxygen atoms in total. The van der Waals surface area contributed by atoms with E-state index in [0.29, 0.717) is 19.4 Å². The minimum absolute atomic E-state index is 0.118. The standard InChI is InChI=1S/C7H15N3O4S/c1-2-14-7(11)9-15(12,13)10-5-3-4-6(10)8/h6H,2-5,8H2,1H3,(H,9,11). The number of rotatable bonds is 3. The van der Waals surface area contributed by atoms with Gasteiger partial charge in [0.25, 0.3) is 0 Å². The zero-order chi connectivity index (χ0) is 11.5. The number of nitrogens with two attached hydrogens (primary N) is 1. The van der Waals surface area contributed by atoms with Gasteiger partial charge in [0.1, 0.15) is 0 Å². The van der Waals surface area contributed by atoms with Crippen molar-refractivity contribution in [3.63, 3.8) is 0 Å². The zero-order valence-electron chi connectivity index (χ0n) is 8.47. The number of carbonyl (C=O) groups is 1. The molecule has 0 aliphatic carbocycles. The van der Waals surface area contributed by atoms with Gasteiger partial charge in [-0.2, -0.15) is 12.7 Å². The monoisotopic (exact) mass is 237 g/mol. The lowest BCUT2D eigenvalue weighted by Gasteiger charge is -2.20. The van der Waals surface area contributed by atoms with Crippen LogP contribution in [0.15, 0.2) is 0 Å². The van der Waals surface area contributed by atoms with E-state index in [1.807, 2.05) is 0 Å². The Bertz CT molecular complexity index is 329. The fraction of sp³-hybridized carbons (Fsp3) is 0.857. The van der Waals surface area contributed by atoms with Gasteiger partial charge in [0, 0.05) is 6.54 Å². The molecular weight excluding hydrogens is 222 g/mol. The van der Waals surface area contributed by atoms with Gasteiger partial charge in [-0.15, -0.1) is 0 Å². The van der Waals surface area contributed by atoms with Gasteiger partial charge >= 0.3 is 16.3 Å². The van der Waals surface area contributed by atoms with Gasteiger partial charge in [0.15, 0.2) is 0 Å². The van der Waals surface area contributed by atoms with Crippen molar-refractivity contribution in [3.8, 4) is 0 Å². The molecule has 1 saturated heterocycles. The predicted molar refractivity (Wildman–Crippen MR) is 53.0 cm³/mol. The van der Waals surface area contributed by atoms with E-state index >= 15 is 0 Å². The van der Waals surface area contributed by atoms with E-state index in [0.717, 1.165) is 4.31 Å². The highest BCUT2D eigenvalue weighted by atomic mass is 32.2. The Hall–Kier alpha value is -0.860. The molecule has 1 heterocycles. The van der Waals surface area contributed by atoms with Gasteiger partial charge in [0.05, 0.1) is 12.8 Å². The Labute approximate surface area is 88.7 Å². The van der Waals surface area contributed by atoms with Gasteiger partial charge in [-0.1, -0.05) is 0 Å². The minimum Gasteiger partial charge on any atom is -0.449 e. The average Bonchev–Trinajstić information content (AvgIpc) is 2.51. The highest BCUT2D eigenvalue weighted by Crippen LogP contribution is 2.15. The highest BCUT2D eigenvalue weighted by molar-refractivity contribution is 7.87. The molecule has 8 heteroatoms. The second-order valence-corrected chi connectivity index (χ2v) is 4.77. The fourth-order valence-corrected chi connectivity index (χ4v) is 2.61. The highest BCUT2D eigenvalue weighted by Gasteiger charge is 2.33. The van der Waals surface area contributed by atoms with Crippen molar-refractivity contribution in [2.45, 2.75) is 25.9 Å². The first-order valence-electron chi connectivity index (χ1n) is 4.69. The third-order valence-corrected chi connectivity index (χ3v) is 3.54. The number of nitrogens with zero attached hydrogens (tertiary/aromatic N) is 1. The molecule has 88 valence electrons. The summed E-state index contributed by atoms with van der Waals surface area (Å²) in [5, 5.41) is 0. The molecular formula is C7H15N3O4S. The molecule has 0 saturated carbocycles. The lowest BCUT2D eigenvalue weighted by molar-refractivity contribution is 0.158. The minimum atomic E-state index is -3.85. The molecule has 1 amide bonds. The molecule has 1 rings (SSSR count). The number of ether oxygens (including phenoxy) is 1. The van der Waals surface area contributed by atoms with Crippen LogP contribution in [0.1, 0.15) is 19.8 Å². The molecule has 1 aliphatic rings. The molecule has 3 N–H and O–H groups in total. The van der Waals surface area contributed by atoms with Gasteiger partial charge < -0.3 is 10.5 Å². The van der Waals surface area contributed by atoms with E-state index in [-0.39, 0.29) is 6.61 Å². The number of amides is 1. The van der Waals surface area contributed by atoms with E-state index in [9.17, 15) is 13.2 Å². The second-order valence-electron chi connectivity index (χ2n) is 3.15. The maximum atomic E-state index is 11.6. The summed E-state index contributed by atoms with van der Waals surface area (Å²) in [6.07, 6.45) is -0.234.